The van der Waals surface area contributed by atoms with Crippen LogP contribution in [0, 0.1) is 11.8 Å². The van der Waals surface area contributed by atoms with E-state index in [1.54, 1.807) is 0 Å². The average molecular weight is 200 g/mol. The number of hydrogen-bond donors (Lipinski definition) is 1. The van der Waals surface area contributed by atoms with E-state index in [2.05, 4.69) is 39.6 Å². The van der Waals surface area contributed by atoms with Gasteiger partial charge in [-0.15, -0.1) is 0 Å². The van der Waals surface area contributed by atoms with Crippen molar-refractivity contribution < 1.29 is 0 Å². The average Bonchev–Trinajstić information content (AvgIpc) is 2.01. The standard InChI is InChI=1S/C12H28N2/c1-6-11(4)8-14(5)9-12(13)7-10(2)3/h10-12H,6-9,13H2,1-5H3. The first-order valence-corrected chi connectivity index (χ1v) is 5.89. The molecule has 0 amide bonds. The first-order valence-electron chi connectivity index (χ1n) is 5.89. The molecule has 2 atom stereocenters. The van der Waals surface area contributed by atoms with Crippen molar-refractivity contribution in [2.24, 2.45) is 17.6 Å². The number of nitrogens with two attached hydrogens (primary N) is 1. The minimum absolute atomic E-state index is 0.337. The summed E-state index contributed by atoms with van der Waals surface area (Å²) in [6.07, 6.45) is 2.38. The molecule has 0 fully saturated rings. The topological polar surface area (TPSA) is 29.3 Å². The van der Waals surface area contributed by atoms with Gasteiger partial charge in [-0.2, -0.15) is 0 Å². The number of rotatable bonds is 7. The summed E-state index contributed by atoms with van der Waals surface area (Å²) in [7, 11) is 2.17. The zero-order valence-corrected chi connectivity index (χ0v) is 10.6. The van der Waals surface area contributed by atoms with Crippen molar-refractivity contribution in [3.05, 3.63) is 0 Å². The maximum absolute atomic E-state index is 6.05. The molecule has 0 aromatic carbocycles. The van der Waals surface area contributed by atoms with Gasteiger partial charge in [0.15, 0.2) is 0 Å². The van der Waals surface area contributed by atoms with Gasteiger partial charge in [-0.3, -0.25) is 0 Å². The summed E-state index contributed by atoms with van der Waals surface area (Å²) in [6.45, 7) is 11.2. The van der Waals surface area contributed by atoms with E-state index < -0.39 is 0 Å². The van der Waals surface area contributed by atoms with Gasteiger partial charge < -0.3 is 10.6 Å². The second-order valence-electron chi connectivity index (χ2n) is 5.12. The summed E-state index contributed by atoms with van der Waals surface area (Å²) in [5, 5.41) is 0. The van der Waals surface area contributed by atoms with Crippen molar-refractivity contribution in [2.75, 3.05) is 20.1 Å². The molecular weight excluding hydrogens is 172 g/mol. The third-order valence-electron chi connectivity index (χ3n) is 2.64. The minimum Gasteiger partial charge on any atom is -0.327 e. The van der Waals surface area contributed by atoms with Crippen molar-refractivity contribution in [1.29, 1.82) is 0 Å². The van der Waals surface area contributed by atoms with E-state index in [1.165, 1.54) is 13.0 Å². The molecule has 0 radical (unpaired) electrons. The number of nitrogens with zero attached hydrogens (tertiary/aromatic N) is 1. The van der Waals surface area contributed by atoms with Crippen LogP contribution < -0.4 is 5.73 Å². The lowest BCUT2D eigenvalue weighted by molar-refractivity contribution is 0.256. The van der Waals surface area contributed by atoms with Crippen molar-refractivity contribution in [3.8, 4) is 0 Å². The molecule has 2 heteroatoms. The smallest absolute Gasteiger partial charge is 0.0170 e. The molecule has 0 heterocycles. The van der Waals surface area contributed by atoms with Crippen LogP contribution in [0.3, 0.4) is 0 Å². The van der Waals surface area contributed by atoms with Crippen LogP contribution in [0.5, 0.6) is 0 Å². The molecule has 0 aromatic heterocycles. The predicted molar refractivity (Wildman–Crippen MR) is 64.4 cm³/mol. The van der Waals surface area contributed by atoms with Crippen LogP contribution in [0.25, 0.3) is 0 Å². The third kappa shape index (κ3) is 7.34. The van der Waals surface area contributed by atoms with Crippen LogP contribution >= 0.6 is 0 Å². The fraction of sp³-hybridized carbons (Fsp3) is 1.00. The van der Waals surface area contributed by atoms with Crippen LogP contribution in [0.15, 0.2) is 0 Å². The SMILES string of the molecule is CCC(C)CN(C)CC(N)CC(C)C. The van der Waals surface area contributed by atoms with E-state index in [4.69, 9.17) is 5.73 Å². The Hall–Kier alpha value is -0.0800. The van der Waals surface area contributed by atoms with Gasteiger partial charge in [-0.1, -0.05) is 34.1 Å². The van der Waals surface area contributed by atoms with E-state index in [0.29, 0.717) is 12.0 Å². The van der Waals surface area contributed by atoms with Crippen LogP contribution in [0.4, 0.5) is 0 Å². The number of hydrogen-bond acceptors (Lipinski definition) is 2. The Morgan fingerprint density at radius 1 is 1.14 bits per heavy atom. The van der Waals surface area contributed by atoms with Crippen molar-refractivity contribution in [2.45, 2.75) is 46.6 Å². The Kier molecular flexibility index (Phi) is 7.20. The van der Waals surface area contributed by atoms with E-state index in [9.17, 15) is 0 Å². The molecule has 2 N–H and O–H groups in total. The molecule has 0 saturated carbocycles. The first kappa shape index (κ1) is 13.9. The van der Waals surface area contributed by atoms with E-state index in [0.717, 1.165) is 18.9 Å². The van der Waals surface area contributed by atoms with Gasteiger partial charge >= 0.3 is 0 Å². The molecule has 0 spiro atoms. The predicted octanol–water partition coefficient (Wildman–Crippen LogP) is 2.34. The summed E-state index contributed by atoms with van der Waals surface area (Å²) < 4.78 is 0. The summed E-state index contributed by atoms with van der Waals surface area (Å²) in [4.78, 5) is 2.36. The Balaban J connectivity index is 3.65. The van der Waals surface area contributed by atoms with Gasteiger partial charge in [-0.25, -0.2) is 0 Å². The molecular formula is C12H28N2. The summed E-state index contributed by atoms with van der Waals surface area (Å²) in [5.41, 5.74) is 6.05. The van der Waals surface area contributed by atoms with Gasteiger partial charge in [0.25, 0.3) is 0 Å². The Labute approximate surface area is 89.9 Å². The van der Waals surface area contributed by atoms with E-state index >= 15 is 0 Å². The molecule has 0 rings (SSSR count). The fourth-order valence-electron chi connectivity index (χ4n) is 1.82. The lowest BCUT2D eigenvalue weighted by Crippen LogP contribution is -2.38. The van der Waals surface area contributed by atoms with Gasteiger partial charge in [0.1, 0.15) is 0 Å². The van der Waals surface area contributed by atoms with E-state index in [1.807, 2.05) is 0 Å². The highest BCUT2D eigenvalue weighted by Gasteiger charge is 2.10. The second-order valence-corrected chi connectivity index (χ2v) is 5.12. The molecule has 2 nitrogen and oxygen atoms in total. The molecule has 0 aliphatic carbocycles. The second kappa shape index (κ2) is 7.24. The molecule has 14 heavy (non-hydrogen) atoms. The monoisotopic (exact) mass is 200 g/mol. The van der Waals surface area contributed by atoms with Crippen molar-refractivity contribution in [1.82, 2.24) is 4.90 Å². The van der Waals surface area contributed by atoms with Crippen molar-refractivity contribution in [3.63, 3.8) is 0 Å². The highest BCUT2D eigenvalue weighted by atomic mass is 15.1. The largest absolute Gasteiger partial charge is 0.327 e. The van der Waals surface area contributed by atoms with E-state index in [-0.39, 0.29) is 0 Å². The normalized spacial score (nSPS) is 16.3. The summed E-state index contributed by atoms with van der Waals surface area (Å²) in [6, 6.07) is 0.337. The van der Waals surface area contributed by atoms with Gasteiger partial charge in [-0.05, 0) is 25.3 Å². The van der Waals surface area contributed by atoms with Crippen LogP contribution in [-0.4, -0.2) is 31.1 Å². The minimum atomic E-state index is 0.337. The summed E-state index contributed by atoms with van der Waals surface area (Å²) in [5.74, 6) is 1.49. The molecule has 0 bridgehead atoms. The Morgan fingerprint density at radius 2 is 1.71 bits per heavy atom. The molecule has 2 unspecified atom stereocenters. The molecule has 0 aliphatic heterocycles. The lowest BCUT2D eigenvalue weighted by atomic mass is 10.0. The molecule has 0 aliphatic rings. The van der Waals surface area contributed by atoms with Crippen LogP contribution in [0.2, 0.25) is 0 Å². The first-order chi connectivity index (χ1) is 6.45. The molecule has 0 aromatic rings. The quantitative estimate of drug-likeness (QED) is 0.683. The fourth-order valence-corrected chi connectivity index (χ4v) is 1.82. The van der Waals surface area contributed by atoms with Gasteiger partial charge in [0.05, 0.1) is 0 Å². The Bertz CT molecular complexity index is 134. The highest BCUT2D eigenvalue weighted by molar-refractivity contribution is 4.68. The highest BCUT2D eigenvalue weighted by Crippen LogP contribution is 2.06. The maximum atomic E-state index is 6.05. The van der Waals surface area contributed by atoms with Gasteiger partial charge in [0.2, 0.25) is 0 Å². The molecule has 0 saturated heterocycles. The van der Waals surface area contributed by atoms with Crippen LogP contribution in [0.1, 0.15) is 40.5 Å². The third-order valence-corrected chi connectivity index (χ3v) is 2.64. The Morgan fingerprint density at radius 3 is 2.14 bits per heavy atom. The lowest BCUT2D eigenvalue weighted by Gasteiger charge is -2.24. The van der Waals surface area contributed by atoms with Crippen molar-refractivity contribution >= 4 is 0 Å². The maximum Gasteiger partial charge on any atom is 0.0170 e. The number of likely N-dealkylation sites (N-methyl/N-ethyl adjacent to an activating group) is 1. The van der Waals surface area contributed by atoms with Crippen LogP contribution in [-0.2, 0) is 0 Å². The summed E-state index contributed by atoms with van der Waals surface area (Å²) >= 11 is 0. The van der Waals surface area contributed by atoms with Gasteiger partial charge in [0, 0.05) is 19.1 Å². The zero-order valence-electron chi connectivity index (χ0n) is 10.6. The zero-order chi connectivity index (χ0) is 11.1. The molecule has 86 valence electrons.